The monoisotopic (exact) mass is 275 g/mol. The van der Waals surface area contributed by atoms with Gasteiger partial charge in [-0.15, -0.1) is 0 Å². The summed E-state index contributed by atoms with van der Waals surface area (Å²) in [6.45, 7) is 9.66. The minimum Gasteiger partial charge on any atom is -0.310 e. The van der Waals surface area contributed by atoms with Gasteiger partial charge in [-0.3, -0.25) is 4.68 Å². The fraction of sp³-hybridized carbons (Fsp3) is 0.438. The molecule has 0 aliphatic rings. The Morgan fingerprint density at radius 2 is 2.05 bits per heavy atom. The van der Waals surface area contributed by atoms with Gasteiger partial charge in [0.05, 0.1) is 5.69 Å². The first-order valence-corrected chi connectivity index (χ1v) is 7.07. The first-order chi connectivity index (χ1) is 9.51. The standard InChI is InChI=1S/C16H22FN3/c1-5-20-10-15(12(4)19-20)14-8-13(6-7-16(14)17)9-18-11(2)3/h6-8,10-11,18H,5,9H2,1-4H3. The van der Waals surface area contributed by atoms with E-state index in [9.17, 15) is 4.39 Å². The van der Waals surface area contributed by atoms with Gasteiger partial charge >= 0.3 is 0 Å². The van der Waals surface area contributed by atoms with Gasteiger partial charge in [0, 0.05) is 36.5 Å². The number of rotatable bonds is 5. The number of nitrogens with one attached hydrogen (secondary N) is 1. The molecule has 1 heterocycles. The fourth-order valence-electron chi connectivity index (χ4n) is 2.16. The molecule has 0 radical (unpaired) electrons. The Morgan fingerprint density at radius 3 is 2.65 bits per heavy atom. The van der Waals surface area contributed by atoms with Crippen molar-refractivity contribution in [2.75, 3.05) is 0 Å². The van der Waals surface area contributed by atoms with Gasteiger partial charge in [0.1, 0.15) is 5.82 Å². The molecule has 108 valence electrons. The molecule has 4 heteroatoms. The summed E-state index contributed by atoms with van der Waals surface area (Å²) < 4.78 is 15.9. The van der Waals surface area contributed by atoms with Gasteiger partial charge in [0.15, 0.2) is 0 Å². The summed E-state index contributed by atoms with van der Waals surface area (Å²) >= 11 is 0. The minimum atomic E-state index is -0.197. The highest BCUT2D eigenvalue weighted by molar-refractivity contribution is 5.66. The number of benzene rings is 1. The highest BCUT2D eigenvalue weighted by atomic mass is 19.1. The van der Waals surface area contributed by atoms with E-state index in [0.29, 0.717) is 11.6 Å². The van der Waals surface area contributed by atoms with Crippen molar-refractivity contribution in [2.24, 2.45) is 0 Å². The Labute approximate surface area is 119 Å². The predicted octanol–water partition coefficient (Wildman–Crippen LogP) is 3.52. The lowest BCUT2D eigenvalue weighted by atomic mass is 10.0. The number of aromatic nitrogens is 2. The third-order valence-corrected chi connectivity index (χ3v) is 3.31. The average molecular weight is 275 g/mol. The molecule has 0 saturated heterocycles. The van der Waals surface area contributed by atoms with E-state index in [2.05, 4.69) is 24.3 Å². The zero-order valence-corrected chi connectivity index (χ0v) is 12.6. The van der Waals surface area contributed by atoms with Gasteiger partial charge in [-0.2, -0.15) is 5.10 Å². The largest absolute Gasteiger partial charge is 0.310 e. The molecule has 2 aromatic rings. The van der Waals surface area contributed by atoms with Crippen molar-refractivity contribution in [3.8, 4) is 11.1 Å². The van der Waals surface area contributed by atoms with E-state index in [4.69, 9.17) is 0 Å². The van der Waals surface area contributed by atoms with E-state index < -0.39 is 0 Å². The summed E-state index contributed by atoms with van der Waals surface area (Å²) in [7, 11) is 0. The molecule has 1 aromatic heterocycles. The third kappa shape index (κ3) is 3.25. The van der Waals surface area contributed by atoms with Gasteiger partial charge in [0.25, 0.3) is 0 Å². The first-order valence-electron chi connectivity index (χ1n) is 7.07. The Bertz CT molecular complexity index is 587. The third-order valence-electron chi connectivity index (χ3n) is 3.31. The van der Waals surface area contributed by atoms with Crippen molar-refractivity contribution in [2.45, 2.75) is 46.8 Å². The second-order valence-electron chi connectivity index (χ2n) is 5.33. The van der Waals surface area contributed by atoms with Crippen molar-refractivity contribution < 1.29 is 4.39 Å². The highest BCUT2D eigenvalue weighted by Gasteiger charge is 2.12. The molecule has 0 spiro atoms. The second-order valence-corrected chi connectivity index (χ2v) is 5.33. The molecular weight excluding hydrogens is 253 g/mol. The van der Waals surface area contributed by atoms with Crippen LogP contribution < -0.4 is 5.32 Å². The molecule has 0 atom stereocenters. The molecule has 1 N–H and O–H groups in total. The zero-order valence-electron chi connectivity index (χ0n) is 12.6. The lowest BCUT2D eigenvalue weighted by Crippen LogP contribution is -2.21. The van der Waals surface area contributed by atoms with Crippen LogP contribution in [-0.2, 0) is 13.1 Å². The average Bonchev–Trinajstić information content (AvgIpc) is 2.79. The summed E-state index contributed by atoms with van der Waals surface area (Å²) in [5, 5.41) is 7.73. The van der Waals surface area contributed by atoms with Crippen molar-refractivity contribution in [1.82, 2.24) is 15.1 Å². The Hall–Kier alpha value is -1.68. The van der Waals surface area contributed by atoms with Crippen LogP contribution in [0.1, 0.15) is 32.0 Å². The van der Waals surface area contributed by atoms with E-state index in [1.54, 1.807) is 0 Å². The Balaban J connectivity index is 2.34. The van der Waals surface area contributed by atoms with E-state index in [1.807, 2.05) is 36.9 Å². The maximum absolute atomic E-state index is 14.1. The van der Waals surface area contributed by atoms with Gasteiger partial charge in [-0.25, -0.2) is 4.39 Å². The molecule has 0 aliphatic carbocycles. The summed E-state index contributed by atoms with van der Waals surface area (Å²) in [6.07, 6.45) is 1.91. The van der Waals surface area contributed by atoms with Crippen LogP contribution in [0, 0.1) is 12.7 Å². The van der Waals surface area contributed by atoms with Crippen LogP contribution in [-0.4, -0.2) is 15.8 Å². The van der Waals surface area contributed by atoms with Gasteiger partial charge < -0.3 is 5.32 Å². The van der Waals surface area contributed by atoms with Crippen LogP contribution in [0.15, 0.2) is 24.4 Å². The predicted molar refractivity (Wildman–Crippen MR) is 80.0 cm³/mol. The Morgan fingerprint density at radius 1 is 1.30 bits per heavy atom. The number of hydrogen-bond acceptors (Lipinski definition) is 2. The van der Waals surface area contributed by atoms with Gasteiger partial charge in [0.2, 0.25) is 0 Å². The molecule has 20 heavy (non-hydrogen) atoms. The molecule has 0 aliphatic heterocycles. The number of hydrogen-bond donors (Lipinski definition) is 1. The maximum Gasteiger partial charge on any atom is 0.131 e. The van der Waals surface area contributed by atoms with Crippen LogP contribution in [0.3, 0.4) is 0 Å². The van der Waals surface area contributed by atoms with E-state index >= 15 is 0 Å². The second kappa shape index (κ2) is 6.18. The highest BCUT2D eigenvalue weighted by Crippen LogP contribution is 2.26. The zero-order chi connectivity index (χ0) is 14.7. The lowest BCUT2D eigenvalue weighted by Gasteiger charge is -2.10. The van der Waals surface area contributed by atoms with Gasteiger partial charge in [-0.1, -0.05) is 19.9 Å². The van der Waals surface area contributed by atoms with Gasteiger partial charge in [-0.05, 0) is 31.5 Å². The van der Waals surface area contributed by atoms with Crippen LogP contribution in [0.25, 0.3) is 11.1 Å². The van der Waals surface area contributed by atoms with E-state index in [0.717, 1.165) is 29.9 Å². The molecule has 0 unspecified atom stereocenters. The summed E-state index contributed by atoms with van der Waals surface area (Å²) in [5.41, 5.74) is 3.44. The summed E-state index contributed by atoms with van der Waals surface area (Å²) in [5.74, 6) is -0.197. The van der Waals surface area contributed by atoms with E-state index in [1.165, 1.54) is 6.07 Å². The van der Waals surface area contributed by atoms with Crippen molar-refractivity contribution in [3.63, 3.8) is 0 Å². The minimum absolute atomic E-state index is 0.197. The molecule has 0 fully saturated rings. The molecule has 0 saturated carbocycles. The number of nitrogens with zero attached hydrogens (tertiary/aromatic N) is 2. The molecular formula is C16H22FN3. The maximum atomic E-state index is 14.1. The number of aryl methyl sites for hydroxylation is 2. The van der Waals surface area contributed by atoms with Crippen LogP contribution in [0.2, 0.25) is 0 Å². The van der Waals surface area contributed by atoms with Crippen LogP contribution >= 0.6 is 0 Å². The van der Waals surface area contributed by atoms with E-state index in [-0.39, 0.29) is 5.82 Å². The smallest absolute Gasteiger partial charge is 0.131 e. The molecule has 1 aromatic carbocycles. The topological polar surface area (TPSA) is 29.9 Å². The molecule has 0 amide bonds. The van der Waals surface area contributed by atoms with Crippen molar-refractivity contribution in [1.29, 1.82) is 0 Å². The Kier molecular flexibility index (Phi) is 4.55. The fourth-order valence-corrected chi connectivity index (χ4v) is 2.16. The SMILES string of the molecule is CCn1cc(-c2cc(CNC(C)C)ccc2F)c(C)n1. The lowest BCUT2D eigenvalue weighted by molar-refractivity contribution is 0.586. The van der Waals surface area contributed by atoms with Crippen molar-refractivity contribution >= 4 is 0 Å². The number of halogens is 1. The molecule has 0 bridgehead atoms. The van der Waals surface area contributed by atoms with Crippen LogP contribution in [0.4, 0.5) is 4.39 Å². The molecule has 2 rings (SSSR count). The molecule has 3 nitrogen and oxygen atoms in total. The summed E-state index contributed by atoms with van der Waals surface area (Å²) in [4.78, 5) is 0. The first kappa shape index (κ1) is 14.7. The quantitative estimate of drug-likeness (QED) is 0.905. The van der Waals surface area contributed by atoms with Crippen LogP contribution in [0.5, 0.6) is 0 Å². The summed E-state index contributed by atoms with van der Waals surface area (Å²) in [6, 6.07) is 5.69. The normalized spacial score (nSPS) is 11.3. The van der Waals surface area contributed by atoms with Crippen molar-refractivity contribution in [3.05, 3.63) is 41.5 Å².